The minimum atomic E-state index is -0.0324. The number of amides is 2. The van der Waals surface area contributed by atoms with Crippen LogP contribution in [-0.2, 0) is 0 Å². The minimum absolute atomic E-state index is 0.0324. The average Bonchev–Trinajstić information content (AvgIpc) is 2.78. The second-order valence-electron chi connectivity index (χ2n) is 7.93. The molecule has 1 aromatic heterocycles. The predicted octanol–water partition coefficient (Wildman–Crippen LogP) is 3.44. The van der Waals surface area contributed by atoms with E-state index in [1.165, 1.54) is 24.8 Å². The zero-order valence-corrected chi connectivity index (χ0v) is 17.4. The zero-order valence-electron chi connectivity index (χ0n) is 17.4. The number of piperidine rings is 1. The Morgan fingerprint density at radius 1 is 0.897 bits per heavy atom. The van der Waals surface area contributed by atoms with Gasteiger partial charge in [-0.25, -0.2) is 14.8 Å². The number of hydrogen-bond acceptors (Lipinski definition) is 5. The molecule has 2 aliphatic heterocycles. The van der Waals surface area contributed by atoms with Crippen molar-refractivity contribution in [1.82, 2.24) is 14.9 Å². The Bertz CT molecular complexity index is 856. The summed E-state index contributed by atoms with van der Waals surface area (Å²) in [5, 5.41) is 3.06. The number of nitrogens with zero attached hydrogens (tertiary/aromatic N) is 5. The van der Waals surface area contributed by atoms with Gasteiger partial charge >= 0.3 is 6.03 Å². The van der Waals surface area contributed by atoms with Crippen molar-refractivity contribution in [2.24, 2.45) is 0 Å². The fraction of sp³-hybridized carbons (Fsp3) is 0.500. The Kier molecular flexibility index (Phi) is 5.83. The Morgan fingerprint density at radius 3 is 2.24 bits per heavy atom. The van der Waals surface area contributed by atoms with Crippen molar-refractivity contribution in [2.75, 3.05) is 54.4 Å². The normalized spacial score (nSPS) is 17.4. The molecule has 0 spiro atoms. The Balaban J connectivity index is 1.35. The lowest BCUT2D eigenvalue weighted by Crippen LogP contribution is -2.50. The number of nitrogens with one attached hydrogen (secondary N) is 1. The molecule has 7 nitrogen and oxygen atoms in total. The number of hydrogen-bond donors (Lipinski definition) is 1. The Labute approximate surface area is 172 Å². The standard InChI is InChI=1S/C22H30N6O/c1-17-7-6-8-19(18(17)2)25-22(29)28-13-11-27(12-14-28)21-15-20(23-16-24-21)26-9-4-3-5-10-26/h6-8,15-16H,3-5,9-14H2,1-2H3,(H,25,29). The third-order valence-electron chi connectivity index (χ3n) is 6.06. The summed E-state index contributed by atoms with van der Waals surface area (Å²) < 4.78 is 0. The highest BCUT2D eigenvalue weighted by molar-refractivity contribution is 5.90. The van der Waals surface area contributed by atoms with Crippen molar-refractivity contribution in [3.63, 3.8) is 0 Å². The molecule has 2 saturated heterocycles. The lowest BCUT2D eigenvalue weighted by molar-refractivity contribution is 0.208. The van der Waals surface area contributed by atoms with Gasteiger partial charge in [0.25, 0.3) is 0 Å². The van der Waals surface area contributed by atoms with Crippen molar-refractivity contribution in [3.8, 4) is 0 Å². The van der Waals surface area contributed by atoms with E-state index >= 15 is 0 Å². The van der Waals surface area contributed by atoms with Gasteiger partial charge in [0.05, 0.1) is 0 Å². The molecule has 0 radical (unpaired) electrons. The van der Waals surface area contributed by atoms with Crippen LogP contribution in [-0.4, -0.2) is 60.2 Å². The molecule has 2 fully saturated rings. The summed E-state index contributed by atoms with van der Waals surface area (Å²) in [6.45, 7) is 9.15. The molecule has 2 aliphatic rings. The van der Waals surface area contributed by atoms with Gasteiger partial charge in [0.1, 0.15) is 18.0 Å². The van der Waals surface area contributed by atoms with E-state index in [0.717, 1.165) is 49.1 Å². The Morgan fingerprint density at radius 2 is 1.55 bits per heavy atom. The van der Waals surface area contributed by atoms with Gasteiger partial charge in [-0.2, -0.15) is 0 Å². The van der Waals surface area contributed by atoms with E-state index in [0.29, 0.717) is 13.1 Å². The summed E-state index contributed by atoms with van der Waals surface area (Å²) in [5.41, 5.74) is 3.19. The van der Waals surface area contributed by atoms with Gasteiger partial charge in [0, 0.05) is 51.0 Å². The molecule has 1 N–H and O–H groups in total. The van der Waals surface area contributed by atoms with Crippen LogP contribution in [0.4, 0.5) is 22.1 Å². The fourth-order valence-electron chi connectivity index (χ4n) is 4.03. The van der Waals surface area contributed by atoms with Crippen molar-refractivity contribution >= 4 is 23.4 Å². The fourth-order valence-corrected chi connectivity index (χ4v) is 4.03. The average molecular weight is 395 g/mol. The number of carbonyl (C=O) groups excluding carboxylic acids is 1. The van der Waals surface area contributed by atoms with E-state index in [2.05, 4.69) is 44.1 Å². The first kappa shape index (κ1) is 19.5. The number of rotatable bonds is 3. The van der Waals surface area contributed by atoms with Gasteiger partial charge in [0.15, 0.2) is 0 Å². The van der Waals surface area contributed by atoms with E-state index < -0.39 is 0 Å². The van der Waals surface area contributed by atoms with Crippen LogP contribution in [0.2, 0.25) is 0 Å². The van der Waals surface area contributed by atoms with Crippen molar-refractivity contribution in [1.29, 1.82) is 0 Å². The quantitative estimate of drug-likeness (QED) is 0.864. The summed E-state index contributed by atoms with van der Waals surface area (Å²) in [7, 11) is 0. The number of aryl methyl sites for hydroxylation is 1. The molecule has 3 heterocycles. The largest absolute Gasteiger partial charge is 0.356 e. The molecular weight excluding hydrogens is 364 g/mol. The highest BCUT2D eigenvalue weighted by atomic mass is 16.2. The van der Waals surface area contributed by atoms with Crippen LogP contribution in [0, 0.1) is 13.8 Å². The van der Waals surface area contributed by atoms with Gasteiger partial charge in [-0.1, -0.05) is 12.1 Å². The molecule has 7 heteroatoms. The van der Waals surface area contributed by atoms with E-state index in [1.54, 1.807) is 6.33 Å². The van der Waals surface area contributed by atoms with Crippen molar-refractivity contribution in [3.05, 3.63) is 41.7 Å². The SMILES string of the molecule is Cc1cccc(NC(=O)N2CCN(c3cc(N4CCCCC4)ncn3)CC2)c1C. The third kappa shape index (κ3) is 4.44. The monoisotopic (exact) mass is 394 g/mol. The summed E-state index contributed by atoms with van der Waals surface area (Å²) in [5.74, 6) is 1.97. The second-order valence-corrected chi connectivity index (χ2v) is 7.93. The molecule has 0 bridgehead atoms. The van der Waals surface area contributed by atoms with Gasteiger partial charge in [-0.05, 0) is 50.3 Å². The van der Waals surface area contributed by atoms with Crippen molar-refractivity contribution in [2.45, 2.75) is 33.1 Å². The van der Waals surface area contributed by atoms with Crippen LogP contribution >= 0.6 is 0 Å². The molecule has 0 unspecified atom stereocenters. The van der Waals surface area contributed by atoms with Gasteiger partial charge in [-0.15, -0.1) is 0 Å². The lowest BCUT2D eigenvalue weighted by atomic mass is 10.1. The van der Waals surface area contributed by atoms with Gasteiger partial charge in [-0.3, -0.25) is 0 Å². The van der Waals surface area contributed by atoms with Crippen molar-refractivity contribution < 1.29 is 4.79 Å². The minimum Gasteiger partial charge on any atom is -0.356 e. The van der Waals surface area contributed by atoms with Crippen LogP contribution in [0.25, 0.3) is 0 Å². The highest BCUT2D eigenvalue weighted by Gasteiger charge is 2.23. The molecule has 0 saturated carbocycles. The number of urea groups is 1. The van der Waals surface area contributed by atoms with Crippen LogP contribution < -0.4 is 15.1 Å². The number of aromatic nitrogens is 2. The molecule has 4 rings (SSSR count). The van der Waals surface area contributed by atoms with Gasteiger partial charge < -0.3 is 20.0 Å². The molecule has 0 atom stereocenters. The summed E-state index contributed by atoms with van der Waals surface area (Å²) in [6.07, 6.45) is 5.43. The Hall–Kier alpha value is -2.83. The highest BCUT2D eigenvalue weighted by Crippen LogP contribution is 2.23. The maximum absolute atomic E-state index is 12.7. The molecule has 2 amide bonds. The molecule has 154 valence electrons. The maximum Gasteiger partial charge on any atom is 0.321 e. The zero-order chi connectivity index (χ0) is 20.2. The number of carbonyl (C=O) groups is 1. The van der Waals surface area contributed by atoms with Crippen LogP contribution in [0.1, 0.15) is 30.4 Å². The number of benzene rings is 1. The predicted molar refractivity (Wildman–Crippen MR) is 117 cm³/mol. The van der Waals surface area contributed by atoms with Crippen LogP contribution in [0.15, 0.2) is 30.6 Å². The first-order valence-corrected chi connectivity index (χ1v) is 10.6. The first-order chi connectivity index (χ1) is 14.1. The smallest absolute Gasteiger partial charge is 0.321 e. The van der Waals surface area contributed by atoms with Gasteiger partial charge in [0.2, 0.25) is 0 Å². The summed E-state index contributed by atoms with van der Waals surface area (Å²) in [4.78, 5) is 28.1. The lowest BCUT2D eigenvalue weighted by Gasteiger charge is -2.36. The topological polar surface area (TPSA) is 64.6 Å². The molecule has 0 aliphatic carbocycles. The second kappa shape index (κ2) is 8.68. The third-order valence-corrected chi connectivity index (χ3v) is 6.06. The number of anilines is 3. The first-order valence-electron chi connectivity index (χ1n) is 10.6. The van der Waals surface area contributed by atoms with E-state index in [9.17, 15) is 4.79 Å². The number of piperazine rings is 1. The van der Waals surface area contributed by atoms with E-state index in [-0.39, 0.29) is 6.03 Å². The molecule has 29 heavy (non-hydrogen) atoms. The molecule has 2 aromatic rings. The van der Waals surface area contributed by atoms with E-state index in [1.807, 2.05) is 24.0 Å². The summed E-state index contributed by atoms with van der Waals surface area (Å²) >= 11 is 0. The maximum atomic E-state index is 12.7. The molecule has 1 aromatic carbocycles. The van der Waals surface area contributed by atoms with Crippen LogP contribution in [0.5, 0.6) is 0 Å². The van der Waals surface area contributed by atoms with E-state index in [4.69, 9.17) is 0 Å². The summed E-state index contributed by atoms with van der Waals surface area (Å²) in [6, 6.07) is 8.06. The van der Waals surface area contributed by atoms with Crippen LogP contribution in [0.3, 0.4) is 0 Å². The molecular formula is C22H30N6O.